The summed E-state index contributed by atoms with van der Waals surface area (Å²) in [5, 5.41) is 3.71. The molecular formula is C16H13Cl2N3O. The van der Waals surface area contributed by atoms with Gasteiger partial charge in [0.1, 0.15) is 5.65 Å². The first-order chi connectivity index (χ1) is 10.5. The molecule has 0 aliphatic rings. The van der Waals surface area contributed by atoms with Crippen LogP contribution >= 0.6 is 23.2 Å². The van der Waals surface area contributed by atoms with Crippen LogP contribution in [0, 0.1) is 6.92 Å². The zero-order valence-corrected chi connectivity index (χ0v) is 13.3. The van der Waals surface area contributed by atoms with Gasteiger partial charge in [0.15, 0.2) is 0 Å². The van der Waals surface area contributed by atoms with Crippen molar-refractivity contribution in [2.24, 2.45) is 0 Å². The number of amides is 1. The van der Waals surface area contributed by atoms with Gasteiger partial charge < -0.3 is 9.72 Å². The van der Waals surface area contributed by atoms with Crippen molar-refractivity contribution in [3.8, 4) is 0 Å². The number of fused-ring (bicyclic) bond motifs is 1. The number of hydrogen-bond donors (Lipinski definition) is 1. The number of pyridine rings is 1. The van der Waals surface area contributed by atoms with Crippen molar-refractivity contribution in [2.75, 3.05) is 5.32 Å². The Bertz CT molecular complexity index is 858. The summed E-state index contributed by atoms with van der Waals surface area (Å²) >= 11 is 11.9. The van der Waals surface area contributed by atoms with Crippen molar-refractivity contribution in [2.45, 2.75) is 13.3 Å². The van der Waals surface area contributed by atoms with Gasteiger partial charge in [0.25, 0.3) is 0 Å². The molecule has 1 amide bonds. The molecule has 0 fully saturated rings. The van der Waals surface area contributed by atoms with Crippen molar-refractivity contribution in [1.82, 2.24) is 9.38 Å². The molecule has 1 N–H and O–H groups in total. The molecule has 0 bridgehead atoms. The van der Waals surface area contributed by atoms with Crippen LogP contribution in [-0.2, 0) is 11.2 Å². The van der Waals surface area contributed by atoms with Gasteiger partial charge >= 0.3 is 0 Å². The minimum Gasteiger partial charge on any atom is -0.324 e. The Hall–Kier alpha value is -2.04. The third-order valence-corrected chi connectivity index (χ3v) is 3.77. The Morgan fingerprint density at radius 3 is 2.91 bits per heavy atom. The van der Waals surface area contributed by atoms with Gasteiger partial charge in [-0.1, -0.05) is 23.2 Å². The van der Waals surface area contributed by atoms with Crippen LogP contribution in [0.25, 0.3) is 5.65 Å². The van der Waals surface area contributed by atoms with E-state index in [1.807, 2.05) is 35.9 Å². The van der Waals surface area contributed by atoms with Gasteiger partial charge in [-0.05, 0) is 42.8 Å². The van der Waals surface area contributed by atoms with Crippen LogP contribution in [-0.4, -0.2) is 15.3 Å². The summed E-state index contributed by atoms with van der Waals surface area (Å²) in [6.07, 6.45) is 3.93. The highest BCUT2D eigenvalue weighted by Crippen LogP contribution is 2.25. The maximum atomic E-state index is 12.1. The van der Waals surface area contributed by atoms with E-state index in [0.717, 1.165) is 11.2 Å². The van der Waals surface area contributed by atoms with Gasteiger partial charge in [0, 0.05) is 17.4 Å². The first-order valence-corrected chi connectivity index (χ1v) is 7.46. The second-order valence-corrected chi connectivity index (χ2v) is 5.89. The summed E-state index contributed by atoms with van der Waals surface area (Å²) in [5.74, 6) is -0.190. The number of hydrogen-bond acceptors (Lipinski definition) is 2. The number of imidazole rings is 1. The topological polar surface area (TPSA) is 46.4 Å². The van der Waals surface area contributed by atoms with Crippen LogP contribution in [0.5, 0.6) is 0 Å². The van der Waals surface area contributed by atoms with E-state index >= 15 is 0 Å². The summed E-state index contributed by atoms with van der Waals surface area (Å²) < 4.78 is 1.89. The Morgan fingerprint density at radius 1 is 1.27 bits per heavy atom. The van der Waals surface area contributed by atoms with Crippen molar-refractivity contribution in [3.63, 3.8) is 0 Å². The molecule has 0 spiro atoms. The third-order valence-electron chi connectivity index (χ3n) is 3.21. The summed E-state index contributed by atoms with van der Waals surface area (Å²) in [7, 11) is 0. The molecule has 0 unspecified atom stereocenters. The monoisotopic (exact) mass is 333 g/mol. The maximum Gasteiger partial charge on any atom is 0.230 e. The number of anilines is 1. The number of rotatable bonds is 3. The van der Waals surface area contributed by atoms with E-state index < -0.39 is 0 Å². The van der Waals surface area contributed by atoms with Gasteiger partial charge in [0.05, 0.1) is 22.8 Å². The molecule has 2 aromatic heterocycles. The number of benzene rings is 1. The zero-order valence-electron chi connectivity index (χ0n) is 11.8. The van der Waals surface area contributed by atoms with E-state index in [1.54, 1.807) is 18.2 Å². The molecule has 0 aliphatic heterocycles. The average Bonchev–Trinajstić information content (AvgIpc) is 2.84. The minimum absolute atomic E-state index is 0.170. The standard InChI is InChI=1S/C16H13Cl2N3O/c1-10-4-5-21-9-12(19-15(21)6-10)8-16(22)20-14-7-11(17)2-3-13(14)18/h2-7,9H,8H2,1H3,(H,20,22). The number of nitrogens with zero attached hydrogens (tertiary/aromatic N) is 2. The molecule has 2 heterocycles. The highest BCUT2D eigenvalue weighted by molar-refractivity contribution is 6.35. The lowest BCUT2D eigenvalue weighted by Gasteiger charge is -2.06. The number of aryl methyl sites for hydroxylation is 1. The first-order valence-electron chi connectivity index (χ1n) is 6.70. The number of nitrogens with one attached hydrogen (secondary N) is 1. The van der Waals surface area contributed by atoms with Crippen LogP contribution in [0.15, 0.2) is 42.7 Å². The van der Waals surface area contributed by atoms with E-state index in [0.29, 0.717) is 21.4 Å². The third kappa shape index (κ3) is 3.24. The predicted molar refractivity (Wildman–Crippen MR) is 88.7 cm³/mol. The largest absolute Gasteiger partial charge is 0.324 e. The van der Waals surface area contributed by atoms with E-state index in [1.165, 1.54) is 0 Å². The second-order valence-electron chi connectivity index (χ2n) is 5.05. The van der Waals surface area contributed by atoms with Gasteiger partial charge in [-0.3, -0.25) is 4.79 Å². The second kappa shape index (κ2) is 5.99. The molecule has 6 heteroatoms. The fourth-order valence-corrected chi connectivity index (χ4v) is 2.51. The molecule has 0 saturated heterocycles. The van der Waals surface area contributed by atoms with Gasteiger partial charge in [-0.25, -0.2) is 4.98 Å². The predicted octanol–water partition coefficient (Wildman–Crippen LogP) is 4.13. The maximum absolute atomic E-state index is 12.1. The van der Waals surface area contributed by atoms with Crippen LogP contribution < -0.4 is 5.32 Å². The number of carbonyl (C=O) groups is 1. The van der Waals surface area contributed by atoms with E-state index in [4.69, 9.17) is 23.2 Å². The normalized spacial score (nSPS) is 10.9. The molecular weight excluding hydrogens is 321 g/mol. The fourth-order valence-electron chi connectivity index (χ4n) is 2.17. The SMILES string of the molecule is Cc1ccn2cc(CC(=O)Nc3cc(Cl)ccc3Cl)nc2c1. The number of aromatic nitrogens is 2. The van der Waals surface area contributed by atoms with Crippen molar-refractivity contribution >= 4 is 40.4 Å². The van der Waals surface area contributed by atoms with Gasteiger partial charge in [-0.15, -0.1) is 0 Å². The average molecular weight is 334 g/mol. The van der Waals surface area contributed by atoms with Crippen molar-refractivity contribution < 1.29 is 4.79 Å². The molecule has 22 heavy (non-hydrogen) atoms. The van der Waals surface area contributed by atoms with Crippen molar-refractivity contribution in [1.29, 1.82) is 0 Å². The fraction of sp³-hybridized carbons (Fsp3) is 0.125. The number of carbonyl (C=O) groups excluding carboxylic acids is 1. The summed E-state index contributed by atoms with van der Waals surface area (Å²) in [5.41, 5.74) is 3.14. The summed E-state index contributed by atoms with van der Waals surface area (Å²) in [6, 6.07) is 8.89. The Kier molecular flexibility index (Phi) is 4.05. The Morgan fingerprint density at radius 2 is 2.09 bits per heavy atom. The Labute approximate surface area is 137 Å². The van der Waals surface area contributed by atoms with E-state index in [9.17, 15) is 4.79 Å². The van der Waals surface area contributed by atoms with Gasteiger partial charge in [0.2, 0.25) is 5.91 Å². The Balaban J connectivity index is 1.76. The lowest BCUT2D eigenvalue weighted by molar-refractivity contribution is -0.115. The first kappa shape index (κ1) is 14.9. The quantitative estimate of drug-likeness (QED) is 0.783. The van der Waals surface area contributed by atoms with Crippen molar-refractivity contribution in [3.05, 3.63) is 64.0 Å². The zero-order chi connectivity index (χ0) is 15.7. The smallest absolute Gasteiger partial charge is 0.230 e. The number of halogens is 2. The summed E-state index contributed by atoms with van der Waals surface area (Å²) in [4.78, 5) is 16.6. The van der Waals surface area contributed by atoms with Crippen LogP contribution in [0.2, 0.25) is 10.0 Å². The van der Waals surface area contributed by atoms with Crippen LogP contribution in [0.3, 0.4) is 0 Å². The van der Waals surface area contributed by atoms with E-state index in [-0.39, 0.29) is 12.3 Å². The van der Waals surface area contributed by atoms with Gasteiger partial charge in [-0.2, -0.15) is 0 Å². The summed E-state index contributed by atoms with van der Waals surface area (Å²) in [6.45, 7) is 2.00. The molecule has 0 saturated carbocycles. The highest BCUT2D eigenvalue weighted by Gasteiger charge is 2.10. The molecule has 4 nitrogen and oxygen atoms in total. The molecule has 0 radical (unpaired) electrons. The minimum atomic E-state index is -0.190. The molecule has 1 aromatic carbocycles. The van der Waals surface area contributed by atoms with Crippen LogP contribution in [0.1, 0.15) is 11.3 Å². The molecule has 112 valence electrons. The molecule has 0 atom stereocenters. The van der Waals surface area contributed by atoms with E-state index in [2.05, 4.69) is 10.3 Å². The lowest BCUT2D eigenvalue weighted by Crippen LogP contribution is -2.14. The molecule has 0 aliphatic carbocycles. The lowest BCUT2D eigenvalue weighted by atomic mass is 10.3. The van der Waals surface area contributed by atoms with Crippen LogP contribution in [0.4, 0.5) is 5.69 Å². The molecule has 3 rings (SSSR count). The highest BCUT2D eigenvalue weighted by atomic mass is 35.5. The molecule has 3 aromatic rings.